The van der Waals surface area contributed by atoms with Crippen molar-refractivity contribution in [2.75, 3.05) is 0 Å². The number of hydrogen-bond acceptors (Lipinski definition) is 0. The highest BCUT2D eigenvalue weighted by Crippen LogP contribution is 2.04. The molecule has 0 heteroatoms. The summed E-state index contributed by atoms with van der Waals surface area (Å²) in [5.41, 5.74) is 2.76. The van der Waals surface area contributed by atoms with Crippen molar-refractivity contribution in [1.82, 2.24) is 0 Å². The smallest absolute Gasteiger partial charge is 0.0313 e. The van der Waals surface area contributed by atoms with Crippen molar-refractivity contribution in [3.05, 3.63) is 36.0 Å². The van der Waals surface area contributed by atoms with Crippen LogP contribution in [0.2, 0.25) is 0 Å². The van der Waals surface area contributed by atoms with Gasteiger partial charge in [-0.25, -0.2) is 0 Å². The normalized spacial score (nSPS) is 10.1. The van der Waals surface area contributed by atoms with Gasteiger partial charge in [0.25, 0.3) is 0 Å². The van der Waals surface area contributed by atoms with Crippen LogP contribution in [0, 0.1) is 0 Å². The maximum Gasteiger partial charge on any atom is -0.0313 e. The third-order valence-corrected chi connectivity index (χ3v) is 1.69. The molecule has 0 spiro atoms. The Morgan fingerprint density at radius 3 is 2.27 bits per heavy atom. The van der Waals surface area contributed by atoms with E-state index in [4.69, 9.17) is 0 Å². The van der Waals surface area contributed by atoms with E-state index in [1.165, 1.54) is 11.1 Å². The van der Waals surface area contributed by atoms with Crippen molar-refractivity contribution in [3.63, 3.8) is 0 Å². The van der Waals surface area contributed by atoms with Gasteiger partial charge in [-0.15, -0.1) is 6.58 Å². The van der Waals surface area contributed by atoms with Crippen LogP contribution in [0.5, 0.6) is 0 Å². The molecule has 0 nitrogen and oxygen atoms in total. The summed E-state index contributed by atoms with van der Waals surface area (Å²) in [6.45, 7) is 10.1. The molecule has 0 aliphatic heterocycles. The van der Waals surface area contributed by atoms with Gasteiger partial charge in [0.1, 0.15) is 0 Å². The van der Waals surface area contributed by atoms with E-state index in [1.54, 1.807) is 0 Å². The van der Waals surface area contributed by atoms with Gasteiger partial charge in [0.15, 0.2) is 0 Å². The Bertz CT molecular complexity index is 166. The van der Waals surface area contributed by atoms with E-state index < -0.39 is 0 Å². The molecule has 0 saturated carbocycles. The number of unbranched alkanes of at least 4 members (excludes halogenated alkanes) is 1. The lowest BCUT2D eigenvalue weighted by Gasteiger charge is -1.94. The fourth-order valence-corrected chi connectivity index (χ4v) is 0.641. The van der Waals surface area contributed by atoms with Crippen LogP contribution < -0.4 is 0 Å². The van der Waals surface area contributed by atoms with Crippen LogP contribution in [-0.4, -0.2) is 0 Å². The molecular weight excluding hydrogens is 132 g/mol. The largest absolute Gasteiger partial charge is 0.103 e. The maximum atomic E-state index is 3.67. The molecule has 0 aromatic rings. The standard InChI is InChI=1S/C11H18/c1-5-6-7-8-9-11(4)10(2)3/h5,8-9H,1,6-7H2,2-4H3. The molecule has 0 unspecified atom stereocenters. The third kappa shape index (κ3) is 5.65. The van der Waals surface area contributed by atoms with E-state index in [1.807, 2.05) is 6.08 Å². The molecule has 0 N–H and O–H groups in total. The van der Waals surface area contributed by atoms with Gasteiger partial charge in [0.2, 0.25) is 0 Å². The van der Waals surface area contributed by atoms with Crippen molar-refractivity contribution in [2.45, 2.75) is 33.6 Å². The lowest BCUT2D eigenvalue weighted by Crippen LogP contribution is -1.73. The number of hydrogen-bond donors (Lipinski definition) is 0. The molecule has 0 saturated heterocycles. The van der Waals surface area contributed by atoms with Crippen molar-refractivity contribution in [2.24, 2.45) is 0 Å². The number of allylic oxidation sites excluding steroid dienone is 5. The zero-order valence-corrected chi connectivity index (χ0v) is 7.85. The molecule has 0 aromatic heterocycles. The first-order chi connectivity index (χ1) is 5.18. The number of rotatable bonds is 4. The van der Waals surface area contributed by atoms with E-state index in [-0.39, 0.29) is 0 Å². The zero-order chi connectivity index (χ0) is 8.69. The van der Waals surface area contributed by atoms with Crippen LogP contribution in [-0.2, 0) is 0 Å². The monoisotopic (exact) mass is 150 g/mol. The molecule has 0 aliphatic carbocycles. The first-order valence-corrected chi connectivity index (χ1v) is 4.10. The molecule has 0 fully saturated rings. The lowest BCUT2D eigenvalue weighted by atomic mass is 10.1. The Kier molecular flexibility index (Phi) is 5.54. The molecule has 0 aromatic carbocycles. The predicted octanol–water partition coefficient (Wildman–Crippen LogP) is 3.87. The summed E-state index contributed by atoms with van der Waals surface area (Å²) in [6.07, 6.45) is 8.51. The summed E-state index contributed by atoms with van der Waals surface area (Å²) in [5.74, 6) is 0. The lowest BCUT2D eigenvalue weighted by molar-refractivity contribution is 1.05. The average molecular weight is 150 g/mol. The first kappa shape index (κ1) is 10.2. The Morgan fingerprint density at radius 2 is 1.82 bits per heavy atom. The van der Waals surface area contributed by atoms with E-state index in [9.17, 15) is 0 Å². The SMILES string of the molecule is C=CCCC=CC(C)=C(C)C. The second-order valence-corrected chi connectivity index (χ2v) is 2.95. The summed E-state index contributed by atoms with van der Waals surface area (Å²) in [6, 6.07) is 0. The van der Waals surface area contributed by atoms with Crippen LogP contribution in [0.1, 0.15) is 33.6 Å². The molecule has 0 atom stereocenters. The summed E-state index contributed by atoms with van der Waals surface area (Å²) < 4.78 is 0. The highest BCUT2D eigenvalue weighted by atomic mass is 13.9. The molecule has 0 bridgehead atoms. The zero-order valence-electron chi connectivity index (χ0n) is 7.85. The third-order valence-electron chi connectivity index (χ3n) is 1.69. The maximum absolute atomic E-state index is 3.67. The Balaban J connectivity index is 3.74. The Labute approximate surface area is 70.3 Å². The van der Waals surface area contributed by atoms with Crippen molar-refractivity contribution < 1.29 is 0 Å². The minimum absolute atomic E-state index is 1.08. The predicted molar refractivity (Wildman–Crippen MR) is 52.6 cm³/mol. The molecule has 0 heterocycles. The van der Waals surface area contributed by atoms with Crippen molar-refractivity contribution in [1.29, 1.82) is 0 Å². The Morgan fingerprint density at radius 1 is 1.18 bits per heavy atom. The van der Waals surface area contributed by atoms with Gasteiger partial charge in [-0.1, -0.05) is 29.4 Å². The molecule has 11 heavy (non-hydrogen) atoms. The van der Waals surface area contributed by atoms with Crippen LogP contribution in [0.4, 0.5) is 0 Å². The average Bonchev–Trinajstić information content (AvgIpc) is 1.97. The van der Waals surface area contributed by atoms with Crippen LogP contribution >= 0.6 is 0 Å². The second kappa shape index (κ2) is 5.96. The van der Waals surface area contributed by atoms with E-state index in [0.29, 0.717) is 0 Å². The van der Waals surface area contributed by atoms with Gasteiger partial charge >= 0.3 is 0 Å². The quantitative estimate of drug-likeness (QED) is 0.324. The van der Waals surface area contributed by atoms with E-state index in [0.717, 1.165) is 12.8 Å². The van der Waals surface area contributed by atoms with Gasteiger partial charge in [0, 0.05) is 0 Å². The molecule has 0 radical (unpaired) electrons. The second-order valence-electron chi connectivity index (χ2n) is 2.95. The first-order valence-electron chi connectivity index (χ1n) is 4.10. The van der Waals surface area contributed by atoms with Crippen LogP contribution in [0.25, 0.3) is 0 Å². The van der Waals surface area contributed by atoms with Gasteiger partial charge in [0.05, 0.1) is 0 Å². The van der Waals surface area contributed by atoms with E-state index >= 15 is 0 Å². The fraction of sp³-hybridized carbons (Fsp3) is 0.455. The molecule has 62 valence electrons. The van der Waals surface area contributed by atoms with Crippen molar-refractivity contribution >= 4 is 0 Å². The summed E-state index contributed by atoms with van der Waals surface area (Å²) in [5, 5.41) is 0. The molecule has 0 rings (SSSR count). The van der Waals surface area contributed by atoms with Crippen LogP contribution in [0.3, 0.4) is 0 Å². The minimum Gasteiger partial charge on any atom is -0.103 e. The van der Waals surface area contributed by atoms with Gasteiger partial charge in [-0.05, 0) is 33.6 Å². The summed E-state index contributed by atoms with van der Waals surface area (Å²) in [4.78, 5) is 0. The van der Waals surface area contributed by atoms with Crippen LogP contribution in [0.15, 0.2) is 36.0 Å². The highest BCUT2D eigenvalue weighted by molar-refractivity contribution is 5.20. The minimum atomic E-state index is 1.08. The Hall–Kier alpha value is -0.780. The molecule has 0 aliphatic rings. The van der Waals surface area contributed by atoms with Gasteiger partial charge in [-0.2, -0.15) is 0 Å². The molecule has 0 amide bonds. The van der Waals surface area contributed by atoms with Crippen molar-refractivity contribution in [3.8, 4) is 0 Å². The molecular formula is C11H18. The summed E-state index contributed by atoms with van der Waals surface area (Å²) in [7, 11) is 0. The van der Waals surface area contributed by atoms with E-state index in [2.05, 4.69) is 39.5 Å². The summed E-state index contributed by atoms with van der Waals surface area (Å²) >= 11 is 0. The van der Waals surface area contributed by atoms with Gasteiger partial charge < -0.3 is 0 Å². The highest BCUT2D eigenvalue weighted by Gasteiger charge is 1.83. The fourth-order valence-electron chi connectivity index (χ4n) is 0.641. The van der Waals surface area contributed by atoms with Gasteiger partial charge in [-0.3, -0.25) is 0 Å². The topological polar surface area (TPSA) is 0 Å².